The second-order valence-corrected chi connectivity index (χ2v) is 6.57. The third kappa shape index (κ3) is 2.50. The normalized spacial score (nSPS) is 14.1. The molecule has 116 valence electrons. The maximum absolute atomic E-state index is 12.8. The Labute approximate surface area is 143 Å². The van der Waals surface area contributed by atoms with E-state index in [0.717, 1.165) is 11.9 Å². The maximum atomic E-state index is 12.8. The average molecular weight is 345 g/mol. The summed E-state index contributed by atoms with van der Waals surface area (Å²) in [6, 6.07) is 13.2. The molecule has 3 aromatic rings. The monoisotopic (exact) mass is 344 g/mol. The number of aromatic amines is 1. The van der Waals surface area contributed by atoms with Gasteiger partial charge in [0.15, 0.2) is 0 Å². The van der Waals surface area contributed by atoms with Crippen LogP contribution < -0.4 is 0 Å². The van der Waals surface area contributed by atoms with Crippen LogP contribution in [-0.4, -0.2) is 22.3 Å². The van der Waals surface area contributed by atoms with Crippen LogP contribution in [0, 0.1) is 0 Å². The number of halogens is 2. The Morgan fingerprint density at radius 3 is 2.78 bits per heavy atom. The van der Waals surface area contributed by atoms with Gasteiger partial charge in [-0.1, -0.05) is 41.4 Å². The Morgan fingerprint density at radius 2 is 1.96 bits per heavy atom. The molecule has 1 amide bonds. The molecule has 5 heteroatoms. The molecule has 1 aromatic heterocycles. The van der Waals surface area contributed by atoms with Gasteiger partial charge < -0.3 is 9.88 Å². The number of nitrogens with one attached hydrogen (secondary N) is 1. The number of hydrogen-bond acceptors (Lipinski definition) is 1. The lowest BCUT2D eigenvalue weighted by atomic mass is 10.0. The zero-order chi connectivity index (χ0) is 16.0. The number of H-pyrrole nitrogens is 1. The van der Waals surface area contributed by atoms with E-state index in [9.17, 15) is 4.79 Å². The fourth-order valence-corrected chi connectivity index (χ4v) is 3.66. The smallest absolute Gasteiger partial charge is 0.255 e. The summed E-state index contributed by atoms with van der Waals surface area (Å²) >= 11 is 12.1. The quantitative estimate of drug-likeness (QED) is 0.683. The van der Waals surface area contributed by atoms with Crippen LogP contribution in [-0.2, 0) is 13.0 Å². The van der Waals surface area contributed by atoms with Crippen molar-refractivity contribution < 1.29 is 4.79 Å². The first-order valence-corrected chi connectivity index (χ1v) is 8.22. The molecule has 0 bridgehead atoms. The Balaban J connectivity index is 1.68. The predicted molar refractivity (Wildman–Crippen MR) is 93.2 cm³/mol. The Hall–Kier alpha value is -1.97. The van der Waals surface area contributed by atoms with E-state index in [1.54, 1.807) is 18.2 Å². The Kier molecular flexibility index (Phi) is 3.55. The van der Waals surface area contributed by atoms with Crippen molar-refractivity contribution in [2.45, 2.75) is 13.0 Å². The zero-order valence-electron chi connectivity index (χ0n) is 12.3. The summed E-state index contributed by atoms with van der Waals surface area (Å²) in [5.74, 6) is -0.0532. The molecule has 1 aliphatic heterocycles. The molecule has 0 atom stereocenters. The lowest BCUT2D eigenvalue weighted by molar-refractivity contribution is 0.0735. The first kappa shape index (κ1) is 14.6. The molecule has 0 unspecified atom stereocenters. The SMILES string of the molecule is O=C(c1ccc(Cl)cc1Cl)N1CCc2[nH]c3ccccc3c2C1. The summed E-state index contributed by atoms with van der Waals surface area (Å²) in [5, 5.41) is 2.11. The van der Waals surface area contributed by atoms with Gasteiger partial charge in [0.1, 0.15) is 0 Å². The molecule has 23 heavy (non-hydrogen) atoms. The number of hydrogen-bond donors (Lipinski definition) is 1. The number of nitrogens with zero attached hydrogens (tertiary/aromatic N) is 1. The van der Waals surface area contributed by atoms with Gasteiger partial charge in [0, 0.05) is 46.7 Å². The zero-order valence-corrected chi connectivity index (χ0v) is 13.8. The summed E-state index contributed by atoms with van der Waals surface area (Å²) < 4.78 is 0. The largest absolute Gasteiger partial charge is 0.358 e. The van der Waals surface area contributed by atoms with Crippen LogP contribution >= 0.6 is 23.2 Å². The van der Waals surface area contributed by atoms with E-state index < -0.39 is 0 Å². The molecular formula is C18H14Cl2N2O. The van der Waals surface area contributed by atoms with Gasteiger partial charge in [-0.15, -0.1) is 0 Å². The van der Waals surface area contributed by atoms with Crippen LogP contribution in [0.25, 0.3) is 10.9 Å². The molecule has 2 heterocycles. The maximum Gasteiger partial charge on any atom is 0.255 e. The van der Waals surface area contributed by atoms with Crippen molar-refractivity contribution in [1.29, 1.82) is 0 Å². The third-order valence-corrected chi connectivity index (χ3v) is 4.88. The van der Waals surface area contributed by atoms with E-state index in [1.165, 1.54) is 16.6 Å². The summed E-state index contributed by atoms with van der Waals surface area (Å²) in [6.07, 6.45) is 0.820. The molecule has 1 N–H and O–H groups in total. The highest BCUT2D eigenvalue weighted by Crippen LogP contribution is 2.29. The topological polar surface area (TPSA) is 36.1 Å². The minimum atomic E-state index is -0.0532. The van der Waals surface area contributed by atoms with Gasteiger partial charge in [-0.3, -0.25) is 4.79 Å². The van der Waals surface area contributed by atoms with E-state index in [-0.39, 0.29) is 5.91 Å². The summed E-state index contributed by atoms with van der Waals surface area (Å²) in [6.45, 7) is 1.27. The van der Waals surface area contributed by atoms with Crippen LogP contribution in [0.5, 0.6) is 0 Å². The van der Waals surface area contributed by atoms with E-state index >= 15 is 0 Å². The number of fused-ring (bicyclic) bond motifs is 3. The summed E-state index contributed by atoms with van der Waals surface area (Å²) in [7, 11) is 0. The van der Waals surface area contributed by atoms with E-state index in [2.05, 4.69) is 17.1 Å². The third-order valence-electron chi connectivity index (χ3n) is 4.33. The van der Waals surface area contributed by atoms with Gasteiger partial charge in [-0.05, 0) is 24.3 Å². The van der Waals surface area contributed by atoms with Crippen LogP contribution in [0.3, 0.4) is 0 Å². The van der Waals surface area contributed by atoms with Crippen molar-refractivity contribution in [3.05, 3.63) is 69.3 Å². The van der Waals surface area contributed by atoms with Crippen molar-refractivity contribution in [1.82, 2.24) is 9.88 Å². The minimum absolute atomic E-state index is 0.0532. The van der Waals surface area contributed by atoms with Gasteiger partial charge in [0.25, 0.3) is 5.91 Å². The second kappa shape index (κ2) is 5.59. The van der Waals surface area contributed by atoms with E-state index in [4.69, 9.17) is 23.2 Å². The lowest BCUT2D eigenvalue weighted by Gasteiger charge is -2.27. The molecule has 0 aliphatic carbocycles. The molecule has 1 aliphatic rings. The highest BCUT2D eigenvalue weighted by Gasteiger charge is 2.25. The standard InChI is InChI=1S/C18H14Cl2N2O/c19-11-5-6-13(15(20)9-11)18(23)22-8-7-17-14(10-22)12-3-1-2-4-16(12)21-17/h1-6,9,21H,7-8,10H2. The van der Waals surface area contributed by atoms with E-state index in [1.807, 2.05) is 17.0 Å². The first-order valence-electron chi connectivity index (χ1n) is 7.46. The van der Waals surface area contributed by atoms with Gasteiger partial charge in [0.2, 0.25) is 0 Å². The molecule has 0 spiro atoms. The Bertz CT molecular complexity index is 917. The summed E-state index contributed by atoms with van der Waals surface area (Å²) in [5.41, 5.74) is 4.04. The number of carbonyl (C=O) groups excluding carboxylic acids is 1. The fraction of sp³-hybridized carbons (Fsp3) is 0.167. The molecular weight excluding hydrogens is 331 g/mol. The number of amides is 1. The van der Waals surface area contributed by atoms with Crippen LogP contribution in [0.15, 0.2) is 42.5 Å². The molecule has 3 nitrogen and oxygen atoms in total. The second-order valence-electron chi connectivity index (χ2n) is 5.73. The molecule has 0 saturated carbocycles. The molecule has 0 radical (unpaired) electrons. The van der Waals surface area contributed by atoms with Gasteiger partial charge in [-0.25, -0.2) is 0 Å². The van der Waals surface area contributed by atoms with Crippen molar-refractivity contribution in [2.24, 2.45) is 0 Å². The molecule has 4 rings (SSSR count). The van der Waals surface area contributed by atoms with Crippen LogP contribution in [0.1, 0.15) is 21.6 Å². The Morgan fingerprint density at radius 1 is 1.13 bits per heavy atom. The molecule has 2 aromatic carbocycles. The average Bonchev–Trinajstić information content (AvgIpc) is 2.92. The van der Waals surface area contributed by atoms with Crippen molar-refractivity contribution in [2.75, 3.05) is 6.54 Å². The lowest BCUT2D eigenvalue weighted by Crippen LogP contribution is -2.35. The van der Waals surface area contributed by atoms with Gasteiger partial charge in [-0.2, -0.15) is 0 Å². The highest BCUT2D eigenvalue weighted by molar-refractivity contribution is 6.36. The number of rotatable bonds is 1. The fourth-order valence-electron chi connectivity index (χ4n) is 3.17. The first-order chi connectivity index (χ1) is 11.1. The van der Waals surface area contributed by atoms with Crippen molar-refractivity contribution >= 4 is 40.0 Å². The highest BCUT2D eigenvalue weighted by atomic mass is 35.5. The van der Waals surface area contributed by atoms with Crippen molar-refractivity contribution in [3.8, 4) is 0 Å². The number of benzene rings is 2. The van der Waals surface area contributed by atoms with E-state index in [0.29, 0.717) is 28.7 Å². The predicted octanol–water partition coefficient (Wildman–Crippen LogP) is 4.67. The number of aromatic nitrogens is 1. The van der Waals surface area contributed by atoms with Gasteiger partial charge in [0.05, 0.1) is 10.6 Å². The molecule has 0 fully saturated rings. The molecule has 0 saturated heterocycles. The van der Waals surface area contributed by atoms with Gasteiger partial charge >= 0.3 is 0 Å². The van der Waals surface area contributed by atoms with Crippen LogP contribution in [0.2, 0.25) is 10.0 Å². The number of para-hydroxylation sites is 1. The number of carbonyl (C=O) groups is 1. The summed E-state index contributed by atoms with van der Waals surface area (Å²) in [4.78, 5) is 18.1. The van der Waals surface area contributed by atoms with Crippen molar-refractivity contribution in [3.63, 3.8) is 0 Å². The minimum Gasteiger partial charge on any atom is -0.358 e. The van der Waals surface area contributed by atoms with Crippen LogP contribution in [0.4, 0.5) is 0 Å².